The van der Waals surface area contributed by atoms with Crippen LogP contribution in [0.4, 0.5) is 0 Å². The summed E-state index contributed by atoms with van der Waals surface area (Å²) in [5.41, 5.74) is 10.8. The van der Waals surface area contributed by atoms with Gasteiger partial charge in [0.05, 0.1) is 6.04 Å². The molecule has 0 saturated carbocycles. The Bertz CT molecular complexity index is 1420. The summed E-state index contributed by atoms with van der Waals surface area (Å²) in [6.07, 6.45) is 13.8. The number of rotatable bonds is 4. The molecule has 0 fully saturated rings. The highest BCUT2D eigenvalue weighted by Crippen LogP contribution is 2.40. The molecule has 0 aliphatic heterocycles. The van der Waals surface area contributed by atoms with Crippen LogP contribution in [0.2, 0.25) is 0 Å². The van der Waals surface area contributed by atoms with Crippen LogP contribution in [0.5, 0.6) is 0 Å². The van der Waals surface area contributed by atoms with Gasteiger partial charge in [0.1, 0.15) is 0 Å². The Morgan fingerprint density at radius 2 is 1.58 bits per heavy atom. The molecule has 0 aromatic heterocycles. The third kappa shape index (κ3) is 3.45. The molecule has 0 N–H and O–H groups in total. The molecule has 1 heteroatoms. The third-order valence-electron chi connectivity index (χ3n) is 7.15. The zero-order valence-corrected chi connectivity index (χ0v) is 18.8. The van der Waals surface area contributed by atoms with Crippen molar-refractivity contribution in [1.29, 1.82) is 0 Å². The number of benzene rings is 4. The van der Waals surface area contributed by atoms with Crippen molar-refractivity contribution in [3.63, 3.8) is 0 Å². The van der Waals surface area contributed by atoms with Gasteiger partial charge in [-0.05, 0) is 99.8 Å². The van der Waals surface area contributed by atoms with Crippen molar-refractivity contribution in [2.75, 3.05) is 0 Å². The van der Waals surface area contributed by atoms with Gasteiger partial charge in [-0.1, -0.05) is 85.0 Å². The molecule has 6 rings (SSSR count). The standard InChI is InChI=1S/C32H27N/c1-33-32(31-21-24-12-5-6-14-27(24)29-15-7-8-16-30(29)31)25-18-19-28-23(20-25)13-9-17-26(28)22-10-3-2-4-11-22/h2-5,8-13,16-21,32H,1,6-7,14-15H2. The van der Waals surface area contributed by atoms with Gasteiger partial charge in [-0.25, -0.2) is 0 Å². The Morgan fingerprint density at radius 1 is 0.758 bits per heavy atom. The first kappa shape index (κ1) is 19.9. The minimum absolute atomic E-state index is 0.0769. The summed E-state index contributed by atoms with van der Waals surface area (Å²) in [5, 5.41) is 2.51. The maximum Gasteiger partial charge on any atom is 0.0998 e. The van der Waals surface area contributed by atoms with Crippen molar-refractivity contribution in [1.82, 2.24) is 0 Å². The molecule has 2 aliphatic rings. The second-order valence-corrected chi connectivity index (χ2v) is 9.05. The van der Waals surface area contributed by atoms with Crippen molar-refractivity contribution >= 4 is 29.6 Å². The average Bonchev–Trinajstić information content (AvgIpc) is 2.89. The van der Waals surface area contributed by atoms with E-state index >= 15 is 0 Å². The monoisotopic (exact) mass is 425 g/mol. The van der Waals surface area contributed by atoms with Crippen LogP contribution in [-0.2, 0) is 12.8 Å². The van der Waals surface area contributed by atoms with E-state index < -0.39 is 0 Å². The van der Waals surface area contributed by atoms with E-state index in [2.05, 4.69) is 109 Å². The first-order valence-corrected chi connectivity index (χ1v) is 11.9. The molecule has 0 saturated heterocycles. The number of hydrogen-bond donors (Lipinski definition) is 0. The Labute approximate surface area is 195 Å². The normalized spacial score (nSPS) is 15.2. The minimum Gasteiger partial charge on any atom is -0.288 e. The Morgan fingerprint density at radius 3 is 2.42 bits per heavy atom. The van der Waals surface area contributed by atoms with Gasteiger partial charge in [-0.2, -0.15) is 0 Å². The maximum atomic E-state index is 4.66. The van der Waals surface area contributed by atoms with Crippen LogP contribution in [0.3, 0.4) is 0 Å². The van der Waals surface area contributed by atoms with E-state index in [1.54, 1.807) is 0 Å². The van der Waals surface area contributed by atoms with Gasteiger partial charge >= 0.3 is 0 Å². The SMILES string of the molecule is C=NC(c1ccc2c(-c3ccccc3)cccc2c1)c1cc2c(c3c1C=CCC3)CCC=C2. The van der Waals surface area contributed by atoms with Gasteiger partial charge in [-0.3, -0.25) is 4.99 Å². The van der Waals surface area contributed by atoms with Crippen molar-refractivity contribution in [2.24, 2.45) is 4.99 Å². The van der Waals surface area contributed by atoms with E-state index in [0.717, 1.165) is 25.7 Å². The zero-order valence-electron chi connectivity index (χ0n) is 18.8. The number of allylic oxidation sites excluding steroid dienone is 2. The van der Waals surface area contributed by atoms with Gasteiger partial charge in [0.15, 0.2) is 0 Å². The van der Waals surface area contributed by atoms with E-state index in [-0.39, 0.29) is 6.04 Å². The minimum atomic E-state index is -0.0769. The summed E-state index contributed by atoms with van der Waals surface area (Å²) in [6.45, 7) is 4.03. The molecule has 33 heavy (non-hydrogen) atoms. The van der Waals surface area contributed by atoms with E-state index in [1.165, 1.54) is 55.3 Å². The molecule has 0 amide bonds. The summed E-state index contributed by atoms with van der Waals surface area (Å²) in [7, 11) is 0. The molecule has 0 radical (unpaired) electrons. The van der Waals surface area contributed by atoms with Gasteiger partial charge < -0.3 is 0 Å². The predicted molar refractivity (Wildman–Crippen MR) is 142 cm³/mol. The Hall–Kier alpha value is -3.71. The van der Waals surface area contributed by atoms with Crippen LogP contribution in [0.1, 0.15) is 52.3 Å². The largest absolute Gasteiger partial charge is 0.288 e. The van der Waals surface area contributed by atoms with Crippen LogP contribution in [-0.4, -0.2) is 6.72 Å². The van der Waals surface area contributed by atoms with Crippen molar-refractivity contribution < 1.29 is 0 Å². The molecular formula is C32H27N. The fourth-order valence-corrected chi connectivity index (χ4v) is 5.59. The highest BCUT2D eigenvalue weighted by Gasteiger charge is 2.23. The second kappa shape index (κ2) is 8.33. The molecule has 160 valence electrons. The highest BCUT2D eigenvalue weighted by atomic mass is 14.7. The molecule has 1 nitrogen and oxygen atoms in total. The van der Waals surface area contributed by atoms with Crippen LogP contribution in [0, 0.1) is 0 Å². The van der Waals surface area contributed by atoms with Gasteiger partial charge in [0.25, 0.3) is 0 Å². The van der Waals surface area contributed by atoms with Crippen LogP contribution >= 0.6 is 0 Å². The summed E-state index contributed by atoms with van der Waals surface area (Å²) in [6, 6.07) is 26.3. The van der Waals surface area contributed by atoms with E-state index in [9.17, 15) is 0 Å². The second-order valence-electron chi connectivity index (χ2n) is 9.05. The fraction of sp³-hybridized carbons (Fsp3) is 0.156. The topological polar surface area (TPSA) is 12.4 Å². The number of hydrogen-bond acceptors (Lipinski definition) is 1. The number of fused-ring (bicyclic) bond motifs is 4. The van der Waals surface area contributed by atoms with Gasteiger partial charge in [0, 0.05) is 0 Å². The van der Waals surface area contributed by atoms with Crippen LogP contribution < -0.4 is 0 Å². The van der Waals surface area contributed by atoms with E-state index in [1.807, 2.05) is 0 Å². The Kier molecular flexibility index (Phi) is 5.03. The smallest absolute Gasteiger partial charge is 0.0998 e. The molecule has 4 aromatic rings. The first-order valence-electron chi connectivity index (χ1n) is 11.9. The number of aliphatic imine (C=N–C) groups is 1. The summed E-state index contributed by atoms with van der Waals surface area (Å²) in [4.78, 5) is 4.66. The first-order chi connectivity index (χ1) is 16.3. The molecule has 1 atom stereocenters. The third-order valence-corrected chi connectivity index (χ3v) is 7.15. The lowest BCUT2D eigenvalue weighted by Crippen LogP contribution is -2.11. The lowest BCUT2D eigenvalue weighted by Gasteiger charge is -2.26. The zero-order chi connectivity index (χ0) is 22.2. The maximum absolute atomic E-state index is 4.66. The highest BCUT2D eigenvalue weighted by molar-refractivity contribution is 5.97. The lowest BCUT2D eigenvalue weighted by atomic mass is 9.80. The lowest BCUT2D eigenvalue weighted by molar-refractivity contribution is 0.849. The number of nitrogens with zero attached hydrogens (tertiary/aromatic N) is 1. The predicted octanol–water partition coefficient (Wildman–Crippen LogP) is 8.22. The van der Waals surface area contributed by atoms with Crippen LogP contribution in [0.25, 0.3) is 34.1 Å². The molecule has 0 spiro atoms. The molecule has 0 heterocycles. The van der Waals surface area contributed by atoms with Crippen molar-refractivity contribution in [2.45, 2.75) is 31.7 Å². The summed E-state index contributed by atoms with van der Waals surface area (Å²) >= 11 is 0. The molecular weight excluding hydrogens is 398 g/mol. The van der Waals surface area contributed by atoms with Crippen molar-refractivity contribution in [3.8, 4) is 11.1 Å². The molecule has 2 aliphatic carbocycles. The van der Waals surface area contributed by atoms with E-state index in [4.69, 9.17) is 0 Å². The summed E-state index contributed by atoms with van der Waals surface area (Å²) < 4.78 is 0. The average molecular weight is 426 g/mol. The van der Waals surface area contributed by atoms with Crippen LogP contribution in [0.15, 0.2) is 89.9 Å². The summed E-state index contributed by atoms with van der Waals surface area (Å²) in [5.74, 6) is 0. The van der Waals surface area contributed by atoms with Gasteiger partial charge in [-0.15, -0.1) is 0 Å². The van der Waals surface area contributed by atoms with Gasteiger partial charge in [0.2, 0.25) is 0 Å². The molecule has 1 unspecified atom stereocenters. The van der Waals surface area contributed by atoms with E-state index in [0.29, 0.717) is 0 Å². The Balaban J connectivity index is 1.50. The van der Waals surface area contributed by atoms with Crippen molar-refractivity contribution in [3.05, 3.63) is 118 Å². The molecule has 4 aromatic carbocycles. The quantitative estimate of drug-likeness (QED) is 0.292. The fourth-order valence-electron chi connectivity index (χ4n) is 5.59. The molecule has 0 bridgehead atoms.